The zero-order chi connectivity index (χ0) is 15.2. The van der Waals surface area contributed by atoms with Crippen molar-refractivity contribution in [2.75, 3.05) is 0 Å². The summed E-state index contributed by atoms with van der Waals surface area (Å²) in [6, 6.07) is -0.298. The fraction of sp³-hybridized carbons (Fsp3) is 0.867. The Labute approximate surface area is 121 Å². The van der Waals surface area contributed by atoms with Crippen molar-refractivity contribution in [3.63, 3.8) is 0 Å². The van der Waals surface area contributed by atoms with Crippen LogP contribution >= 0.6 is 0 Å². The first-order chi connectivity index (χ1) is 9.45. The van der Waals surface area contributed by atoms with Crippen molar-refractivity contribution >= 4 is 12.0 Å². The van der Waals surface area contributed by atoms with Gasteiger partial charge in [-0.05, 0) is 25.7 Å². The highest BCUT2D eigenvalue weighted by molar-refractivity contribution is 5.86. The Morgan fingerprint density at radius 3 is 2.15 bits per heavy atom. The molecular weight excluding hydrogens is 256 g/mol. The van der Waals surface area contributed by atoms with Crippen LogP contribution in [0.5, 0.6) is 0 Å². The van der Waals surface area contributed by atoms with Gasteiger partial charge in [0.15, 0.2) is 0 Å². The normalized spacial score (nSPS) is 19.4. The summed E-state index contributed by atoms with van der Waals surface area (Å²) in [6.45, 7) is 6.18. The number of urea groups is 1. The Kier molecular flexibility index (Phi) is 6.30. The van der Waals surface area contributed by atoms with Gasteiger partial charge in [0.1, 0.15) is 5.54 Å². The summed E-state index contributed by atoms with van der Waals surface area (Å²) in [5.74, 6) is -0.490. The highest BCUT2D eigenvalue weighted by Gasteiger charge is 2.41. The molecule has 5 nitrogen and oxygen atoms in total. The van der Waals surface area contributed by atoms with Gasteiger partial charge in [0.25, 0.3) is 0 Å². The molecular formula is C15H28N2O3. The van der Waals surface area contributed by atoms with E-state index in [-0.39, 0.29) is 12.1 Å². The summed E-state index contributed by atoms with van der Waals surface area (Å²) in [5, 5.41) is 15.0. The predicted molar refractivity (Wildman–Crippen MR) is 78.7 cm³/mol. The van der Waals surface area contributed by atoms with Gasteiger partial charge in [0.05, 0.1) is 0 Å². The molecule has 1 aliphatic rings. The third-order valence-electron chi connectivity index (χ3n) is 4.58. The molecule has 0 aromatic rings. The molecule has 0 aromatic carbocycles. The molecule has 1 atom stereocenters. The number of nitrogens with one attached hydrogen (secondary N) is 2. The number of aliphatic carboxylic acids is 1. The van der Waals surface area contributed by atoms with Crippen LogP contribution < -0.4 is 10.6 Å². The van der Waals surface area contributed by atoms with Gasteiger partial charge in [-0.1, -0.05) is 46.0 Å². The quantitative estimate of drug-likeness (QED) is 0.701. The second-order valence-corrected chi connectivity index (χ2v) is 5.91. The van der Waals surface area contributed by atoms with E-state index in [1.165, 1.54) is 0 Å². The number of carbonyl (C=O) groups is 2. The van der Waals surface area contributed by atoms with E-state index < -0.39 is 11.5 Å². The lowest BCUT2D eigenvalue weighted by Gasteiger charge is -2.34. The summed E-state index contributed by atoms with van der Waals surface area (Å²) in [4.78, 5) is 23.6. The maximum absolute atomic E-state index is 12.1. The minimum Gasteiger partial charge on any atom is -0.480 e. The van der Waals surface area contributed by atoms with Crippen LogP contribution in [0.2, 0.25) is 0 Å². The number of carboxylic acids is 1. The fourth-order valence-corrected chi connectivity index (χ4v) is 3.12. The van der Waals surface area contributed by atoms with E-state index >= 15 is 0 Å². The monoisotopic (exact) mass is 284 g/mol. The smallest absolute Gasteiger partial charge is 0.329 e. The molecule has 0 heterocycles. The van der Waals surface area contributed by atoms with Crippen molar-refractivity contribution in [1.82, 2.24) is 10.6 Å². The van der Waals surface area contributed by atoms with Crippen LogP contribution in [0.3, 0.4) is 0 Å². The highest BCUT2D eigenvalue weighted by atomic mass is 16.4. The number of hydrogen-bond donors (Lipinski definition) is 3. The van der Waals surface area contributed by atoms with E-state index in [1.807, 2.05) is 6.92 Å². The Morgan fingerprint density at radius 1 is 1.15 bits per heavy atom. The van der Waals surface area contributed by atoms with Crippen molar-refractivity contribution in [2.45, 2.75) is 77.3 Å². The molecule has 1 fully saturated rings. The Balaban J connectivity index is 2.61. The van der Waals surface area contributed by atoms with Gasteiger partial charge in [-0.2, -0.15) is 0 Å². The molecule has 20 heavy (non-hydrogen) atoms. The molecule has 116 valence electrons. The molecule has 3 N–H and O–H groups in total. The van der Waals surface area contributed by atoms with Crippen LogP contribution in [0, 0.1) is 5.92 Å². The lowest BCUT2D eigenvalue weighted by Crippen LogP contribution is -2.59. The Morgan fingerprint density at radius 2 is 1.70 bits per heavy atom. The first-order valence-corrected chi connectivity index (χ1v) is 7.77. The van der Waals surface area contributed by atoms with Crippen molar-refractivity contribution < 1.29 is 14.7 Å². The summed E-state index contributed by atoms with van der Waals surface area (Å²) in [6.07, 6.45) is 5.81. The average molecular weight is 284 g/mol. The highest BCUT2D eigenvalue weighted by Crippen LogP contribution is 2.28. The second-order valence-electron chi connectivity index (χ2n) is 5.91. The van der Waals surface area contributed by atoms with Gasteiger partial charge in [-0.25, -0.2) is 9.59 Å². The van der Waals surface area contributed by atoms with Gasteiger partial charge >= 0.3 is 12.0 Å². The predicted octanol–water partition coefficient (Wildman–Crippen LogP) is 2.90. The third-order valence-corrected chi connectivity index (χ3v) is 4.58. The molecule has 1 rings (SSSR count). The lowest BCUT2D eigenvalue weighted by molar-refractivity contribution is -0.145. The number of amides is 2. The zero-order valence-corrected chi connectivity index (χ0v) is 12.9. The fourth-order valence-electron chi connectivity index (χ4n) is 3.12. The minimum atomic E-state index is -1.07. The van der Waals surface area contributed by atoms with Gasteiger partial charge < -0.3 is 15.7 Å². The van der Waals surface area contributed by atoms with Crippen LogP contribution in [0.15, 0.2) is 0 Å². The number of rotatable bonds is 6. The summed E-state index contributed by atoms with van der Waals surface area (Å²) in [7, 11) is 0. The van der Waals surface area contributed by atoms with Crippen molar-refractivity contribution in [1.29, 1.82) is 0 Å². The number of carbonyl (C=O) groups excluding carboxylic acids is 1. The molecule has 2 amide bonds. The maximum atomic E-state index is 12.1. The third kappa shape index (κ3) is 4.12. The van der Waals surface area contributed by atoms with Gasteiger partial charge in [0.2, 0.25) is 0 Å². The molecule has 0 aromatic heterocycles. The summed E-state index contributed by atoms with van der Waals surface area (Å²) in [5.41, 5.74) is -1.07. The molecule has 0 bridgehead atoms. The van der Waals surface area contributed by atoms with Crippen LogP contribution in [-0.4, -0.2) is 28.7 Å². The molecule has 0 radical (unpaired) electrons. The van der Waals surface area contributed by atoms with Crippen LogP contribution in [0.1, 0.15) is 65.7 Å². The minimum absolute atomic E-state index is 0.0550. The van der Waals surface area contributed by atoms with Crippen molar-refractivity contribution in [3.8, 4) is 0 Å². The van der Waals surface area contributed by atoms with Gasteiger partial charge in [0, 0.05) is 6.04 Å². The summed E-state index contributed by atoms with van der Waals surface area (Å²) < 4.78 is 0. The molecule has 0 saturated heterocycles. The Hall–Kier alpha value is -1.26. The van der Waals surface area contributed by atoms with E-state index in [0.29, 0.717) is 18.8 Å². The van der Waals surface area contributed by atoms with E-state index in [4.69, 9.17) is 0 Å². The maximum Gasteiger partial charge on any atom is 0.329 e. The Bertz CT molecular complexity index is 334. The average Bonchev–Trinajstić information content (AvgIpc) is 2.40. The molecule has 0 spiro atoms. The molecule has 0 aliphatic heterocycles. The van der Waals surface area contributed by atoms with E-state index in [1.54, 1.807) is 0 Å². The van der Waals surface area contributed by atoms with Crippen LogP contribution in [0.4, 0.5) is 4.79 Å². The second kappa shape index (κ2) is 7.50. The largest absolute Gasteiger partial charge is 0.480 e. The number of carboxylic acid groups (broad SMARTS) is 1. The molecule has 1 saturated carbocycles. The van der Waals surface area contributed by atoms with E-state index in [9.17, 15) is 14.7 Å². The standard InChI is InChI=1S/C15H28N2O3/c1-4-12(5-2)11(3)16-14(20)17-15(13(18)19)9-7-6-8-10-15/h11-12H,4-10H2,1-3H3,(H,18,19)(H2,16,17,20). The number of hydrogen-bond acceptors (Lipinski definition) is 2. The van der Waals surface area contributed by atoms with Crippen LogP contribution in [-0.2, 0) is 4.79 Å². The first kappa shape index (κ1) is 16.8. The molecule has 5 heteroatoms. The van der Waals surface area contributed by atoms with Crippen molar-refractivity contribution in [2.24, 2.45) is 5.92 Å². The topological polar surface area (TPSA) is 78.4 Å². The zero-order valence-electron chi connectivity index (χ0n) is 12.9. The lowest BCUT2D eigenvalue weighted by atomic mass is 9.82. The molecule has 1 aliphatic carbocycles. The van der Waals surface area contributed by atoms with Crippen LogP contribution in [0.25, 0.3) is 0 Å². The SMILES string of the molecule is CCC(CC)C(C)NC(=O)NC1(C(=O)O)CCCCC1. The van der Waals surface area contributed by atoms with E-state index in [2.05, 4.69) is 24.5 Å². The van der Waals surface area contributed by atoms with Gasteiger partial charge in [-0.3, -0.25) is 0 Å². The summed E-state index contributed by atoms with van der Waals surface area (Å²) >= 11 is 0. The van der Waals surface area contributed by atoms with E-state index in [0.717, 1.165) is 32.1 Å². The van der Waals surface area contributed by atoms with Gasteiger partial charge in [-0.15, -0.1) is 0 Å². The molecule has 1 unspecified atom stereocenters. The van der Waals surface area contributed by atoms with Crippen molar-refractivity contribution in [3.05, 3.63) is 0 Å². The first-order valence-electron chi connectivity index (χ1n) is 7.77.